The molecule has 0 unspecified atom stereocenters. The van der Waals surface area contributed by atoms with Gasteiger partial charge in [-0.2, -0.15) is 0 Å². The molecule has 6 heteroatoms. The van der Waals surface area contributed by atoms with Crippen LogP contribution in [0.2, 0.25) is 0 Å². The molecule has 7 rings (SSSR count). The molecule has 0 N–H and O–H groups in total. The summed E-state index contributed by atoms with van der Waals surface area (Å²) in [7, 11) is 0. The van der Waals surface area contributed by atoms with Gasteiger partial charge in [0.2, 0.25) is 0 Å². The van der Waals surface area contributed by atoms with Crippen LogP contribution in [0.15, 0.2) is 109 Å². The van der Waals surface area contributed by atoms with Crippen LogP contribution in [0, 0.1) is 10.7 Å². The summed E-state index contributed by atoms with van der Waals surface area (Å²) in [6.45, 7) is 0.650. The maximum absolute atomic E-state index is 8.17. The Kier molecular flexibility index (Phi) is 5.83. The second-order valence-corrected chi connectivity index (χ2v) is 11.3. The standard InChI is InChI=1S/C35H30N4O.Pt/c1-25-17-18-36-35(20-25)38-19-9-14-30-31(26-10-4-3-5-11-26)22-29(23-34(30)38)40-28-13-8-12-27(21-28)39-24-37(2)32-15-6-7-16-33(32)39;/h3-8,10-13,15-18,20-23H,9,14,19H2,1-2H3;/i2D3;. The monoisotopic (exact) mass is 720 g/mol. The average molecular weight is 721 g/mol. The second-order valence-electron chi connectivity index (χ2n) is 10.3. The number of nitrogens with zero attached hydrogens (tertiary/aromatic N) is 4. The van der Waals surface area contributed by atoms with Crippen LogP contribution in [0.1, 0.15) is 21.7 Å². The summed E-state index contributed by atoms with van der Waals surface area (Å²) in [6.07, 6.45) is 3.87. The Morgan fingerprint density at radius 1 is 0.854 bits per heavy atom. The number of aryl methyl sites for hydroxylation is 2. The first-order chi connectivity index (χ1) is 21.3. The number of para-hydroxylation sites is 2. The molecule has 0 spiro atoms. The summed E-state index contributed by atoms with van der Waals surface area (Å²) in [4.78, 5) is 7.01. The summed E-state index contributed by atoms with van der Waals surface area (Å²) in [5, 5.41) is 0. The van der Waals surface area contributed by atoms with Gasteiger partial charge in [-0.15, -0.1) is 0 Å². The van der Waals surface area contributed by atoms with Crippen molar-refractivity contribution in [3.8, 4) is 28.3 Å². The van der Waals surface area contributed by atoms with Crippen LogP contribution in [-0.4, -0.2) is 20.7 Å². The van der Waals surface area contributed by atoms with E-state index in [2.05, 4.69) is 73.6 Å². The molecule has 4 aromatic carbocycles. The quantitative estimate of drug-likeness (QED) is 0.180. The fourth-order valence-corrected chi connectivity index (χ4v) is 6.54. The van der Waals surface area contributed by atoms with E-state index in [0.717, 1.165) is 59.0 Å². The van der Waals surface area contributed by atoms with E-state index in [-0.39, 0.29) is 0 Å². The summed E-state index contributed by atoms with van der Waals surface area (Å²) in [6, 6.07) is 34.2. The molecule has 0 fully saturated rings. The zero-order valence-corrected chi connectivity index (χ0v) is 24.8. The molecule has 0 atom stereocenters. The van der Waals surface area contributed by atoms with E-state index in [9.17, 15) is 0 Å². The Morgan fingerprint density at radius 3 is 2.51 bits per heavy atom. The van der Waals surface area contributed by atoms with Crippen molar-refractivity contribution in [2.45, 2.75) is 19.8 Å². The molecule has 5 nitrogen and oxygen atoms in total. The molecule has 0 radical (unpaired) electrons. The third-order valence-electron chi connectivity index (χ3n) is 7.58. The first-order valence-electron chi connectivity index (χ1n) is 15.2. The number of hydrogen-bond donors (Lipinski definition) is 0. The van der Waals surface area contributed by atoms with E-state index < -0.39 is 6.98 Å². The fourth-order valence-electron chi connectivity index (χ4n) is 5.69. The van der Waals surface area contributed by atoms with Crippen LogP contribution in [0.3, 0.4) is 0 Å². The van der Waals surface area contributed by atoms with Gasteiger partial charge in [0.25, 0.3) is 0 Å². The number of benzene rings is 4. The number of hydrogen-bond acceptors (Lipinski definition) is 3. The van der Waals surface area contributed by atoms with Gasteiger partial charge in [-0.25, -0.2) is 0 Å². The molecule has 0 bridgehead atoms. The van der Waals surface area contributed by atoms with E-state index in [4.69, 9.17) is 13.8 Å². The summed E-state index contributed by atoms with van der Waals surface area (Å²) >= 11 is 2.10. The molecular formula is C35H30N4OPt. The van der Waals surface area contributed by atoms with Crippen molar-refractivity contribution in [3.63, 3.8) is 0 Å². The third kappa shape index (κ3) is 4.75. The molecule has 1 aliphatic rings. The van der Waals surface area contributed by atoms with Crippen LogP contribution >= 0.6 is 0 Å². The Morgan fingerprint density at radius 2 is 1.68 bits per heavy atom. The zero-order valence-electron chi connectivity index (χ0n) is 25.5. The molecule has 0 saturated carbocycles. The molecule has 1 aliphatic heterocycles. The Hall–Kier alpha value is -4.21. The predicted molar refractivity (Wildman–Crippen MR) is 162 cm³/mol. The van der Waals surface area contributed by atoms with Crippen molar-refractivity contribution in [2.75, 3.05) is 11.4 Å². The van der Waals surface area contributed by atoms with Gasteiger partial charge in [-0.3, -0.25) is 0 Å². The van der Waals surface area contributed by atoms with Crippen molar-refractivity contribution in [1.29, 1.82) is 0 Å². The van der Waals surface area contributed by atoms with Gasteiger partial charge in [0.05, 0.1) is 0 Å². The zero-order chi connectivity index (χ0) is 30.4. The molecule has 206 valence electrons. The van der Waals surface area contributed by atoms with Crippen LogP contribution in [-0.2, 0) is 32.8 Å². The third-order valence-corrected chi connectivity index (χ3v) is 8.59. The van der Waals surface area contributed by atoms with Gasteiger partial charge in [0.1, 0.15) is 0 Å². The number of fused-ring (bicyclic) bond motifs is 2. The number of aromatic nitrogens is 3. The molecular weight excluding hydrogens is 687 g/mol. The van der Waals surface area contributed by atoms with Crippen molar-refractivity contribution in [3.05, 3.63) is 124 Å². The van der Waals surface area contributed by atoms with Gasteiger partial charge in [0, 0.05) is 6.20 Å². The number of ether oxygens (including phenoxy) is 1. The van der Waals surface area contributed by atoms with E-state index >= 15 is 0 Å². The Balaban J connectivity index is 1.34. The van der Waals surface area contributed by atoms with Gasteiger partial charge in [-0.05, 0) is 18.6 Å². The van der Waals surface area contributed by atoms with Crippen LogP contribution in [0.5, 0.6) is 11.5 Å². The van der Waals surface area contributed by atoms with E-state index in [1.54, 1.807) is 0 Å². The van der Waals surface area contributed by atoms with Crippen molar-refractivity contribution >= 4 is 22.5 Å². The molecule has 2 aromatic heterocycles. The first-order valence-corrected chi connectivity index (χ1v) is 14.8. The normalized spacial score (nSPS) is 14.3. The topological polar surface area (TPSA) is 35.2 Å². The van der Waals surface area contributed by atoms with Gasteiger partial charge in [0.15, 0.2) is 0 Å². The van der Waals surface area contributed by atoms with E-state index in [0.29, 0.717) is 15.1 Å². The number of pyridine rings is 1. The Bertz CT molecular complexity index is 2070. The molecule has 0 aliphatic carbocycles. The minimum atomic E-state index is -2.31. The van der Waals surface area contributed by atoms with E-state index in [1.165, 1.54) is 15.7 Å². The Labute approximate surface area is 254 Å². The summed E-state index contributed by atoms with van der Waals surface area (Å²) in [5.41, 5.74) is 8.13. The predicted octanol–water partition coefficient (Wildman–Crippen LogP) is 8.29. The first kappa shape index (κ1) is 22.5. The number of anilines is 2. The molecule has 6 aromatic rings. The van der Waals surface area contributed by atoms with Crippen LogP contribution in [0.25, 0.3) is 27.8 Å². The molecule has 3 heterocycles. The van der Waals surface area contributed by atoms with Crippen molar-refractivity contribution in [1.82, 2.24) is 14.1 Å². The maximum atomic E-state index is 8.17. The second kappa shape index (κ2) is 10.6. The average Bonchev–Trinajstić information content (AvgIpc) is 3.33. The fraction of sp³-hybridized carbons (Fsp3) is 0.143. The summed E-state index contributed by atoms with van der Waals surface area (Å²) in [5.74, 6) is 2.32. The van der Waals surface area contributed by atoms with Gasteiger partial charge < -0.3 is 0 Å². The summed E-state index contributed by atoms with van der Waals surface area (Å²) < 4.78 is 35.1. The molecule has 41 heavy (non-hydrogen) atoms. The van der Waals surface area contributed by atoms with Gasteiger partial charge >= 0.3 is 225 Å². The SMILES string of the molecule is [2H]C([2H])([2H])n1[c](=[Pt])n(-c2cccc(Oc3cc(-c4ccccc4)c4c(c3)N(c3cc(C)ccn3)CCC4)c2)c2ccccc21. The van der Waals surface area contributed by atoms with Crippen LogP contribution < -0.4 is 9.64 Å². The van der Waals surface area contributed by atoms with Gasteiger partial charge in [-0.1, -0.05) is 6.07 Å². The van der Waals surface area contributed by atoms with Crippen LogP contribution in [0.4, 0.5) is 11.5 Å². The van der Waals surface area contributed by atoms with E-state index in [1.807, 2.05) is 71.4 Å². The van der Waals surface area contributed by atoms with Crippen molar-refractivity contribution in [2.24, 2.45) is 6.98 Å². The number of rotatable bonds is 5. The van der Waals surface area contributed by atoms with Crippen molar-refractivity contribution < 1.29 is 28.2 Å². The number of imidazole rings is 1. The molecule has 0 saturated heterocycles. The molecule has 0 amide bonds. The minimum absolute atomic E-state index is 0.588.